The molecular formula is C8H9FO2. The third-order valence-electron chi connectivity index (χ3n) is 1.51. The van der Waals surface area contributed by atoms with Crippen molar-refractivity contribution < 1.29 is 13.9 Å². The molecular weight excluding hydrogens is 147 g/mol. The molecule has 0 aromatic rings. The molecule has 0 spiro atoms. The lowest BCUT2D eigenvalue weighted by Crippen LogP contribution is -2.06. The van der Waals surface area contributed by atoms with Crippen molar-refractivity contribution in [3.63, 3.8) is 0 Å². The molecule has 0 aromatic carbocycles. The molecule has 0 amide bonds. The molecule has 0 atom stereocenters. The van der Waals surface area contributed by atoms with Crippen LogP contribution in [0.5, 0.6) is 0 Å². The summed E-state index contributed by atoms with van der Waals surface area (Å²) in [5.74, 6) is -0.787. The second kappa shape index (κ2) is 3.32. The number of carbonyl (C=O) groups excluding carboxylic acids is 1. The lowest BCUT2D eigenvalue weighted by molar-refractivity contribution is -0.136. The molecule has 2 nitrogen and oxygen atoms in total. The van der Waals surface area contributed by atoms with Crippen molar-refractivity contribution in [3.05, 3.63) is 23.6 Å². The molecule has 1 aliphatic rings. The summed E-state index contributed by atoms with van der Waals surface area (Å²) in [5, 5.41) is 0. The fraction of sp³-hybridized carbons (Fsp3) is 0.375. The van der Waals surface area contributed by atoms with E-state index in [-0.39, 0.29) is 5.83 Å². The summed E-state index contributed by atoms with van der Waals surface area (Å²) in [6.07, 6.45) is 3.81. The van der Waals surface area contributed by atoms with Gasteiger partial charge in [0.1, 0.15) is 5.83 Å². The number of rotatable bonds is 1. The van der Waals surface area contributed by atoms with Gasteiger partial charge in [-0.15, -0.1) is 0 Å². The Morgan fingerprint density at radius 2 is 2.45 bits per heavy atom. The highest BCUT2D eigenvalue weighted by Gasteiger charge is 2.12. The molecule has 1 rings (SSSR count). The predicted molar refractivity (Wildman–Crippen MR) is 38.5 cm³/mol. The first-order chi connectivity index (χ1) is 5.24. The first-order valence-electron chi connectivity index (χ1n) is 3.38. The second-order valence-corrected chi connectivity index (χ2v) is 2.29. The minimum atomic E-state index is -0.437. The highest BCUT2D eigenvalue weighted by molar-refractivity contribution is 5.89. The molecule has 0 fully saturated rings. The molecule has 0 saturated heterocycles. The van der Waals surface area contributed by atoms with Crippen molar-refractivity contribution in [2.75, 3.05) is 7.11 Å². The molecule has 3 heteroatoms. The predicted octanol–water partition coefficient (Wildman–Crippen LogP) is 1.73. The number of ether oxygens (including phenoxy) is 1. The fourth-order valence-electron chi connectivity index (χ4n) is 0.955. The summed E-state index contributed by atoms with van der Waals surface area (Å²) in [4.78, 5) is 10.8. The van der Waals surface area contributed by atoms with E-state index in [0.717, 1.165) is 0 Å². The Morgan fingerprint density at radius 3 is 3.00 bits per heavy atom. The Kier molecular flexibility index (Phi) is 2.41. The number of hydrogen-bond acceptors (Lipinski definition) is 2. The van der Waals surface area contributed by atoms with E-state index in [9.17, 15) is 9.18 Å². The van der Waals surface area contributed by atoms with Crippen molar-refractivity contribution in [1.29, 1.82) is 0 Å². The normalized spacial score (nSPS) is 16.9. The van der Waals surface area contributed by atoms with E-state index in [2.05, 4.69) is 4.74 Å². The van der Waals surface area contributed by atoms with Crippen LogP contribution < -0.4 is 0 Å². The van der Waals surface area contributed by atoms with E-state index in [0.29, 0.717) is 18.4 Å². The van der Waals surface area contributed by atoms with Gasteiger partial charge in [-0.3, -0.25) is 0 Å². The second-order valence-electron chi connectivity index (χ2n) is 2.29. The Labute approximate surface area is 64.3 Å². The van der Waals surface area contributed by atoms with Crippen LogP contribution in [-0.2, 0) is 9.53 Å². The van der Waals surface area contributed by atoms with Gasteiger partial charge in [0.2, 0.25) is 0 Å². The van der Waals surface area contributed by atoms with E-state index in [1.165, 1.54) is 19.3 Å². The van der Waals surface area contributed by atoms with Crippen LogP contribution in [0.4, 0.5) is 4.39 Å². The maximum atomic E-state index is 12.5. The molecule has 0 radical (unpaired) electrons. The number of methoxy groups -OCH3 is 1. The van der Waals surface area contributed by atoms with Gasteiger partial charge in [0.05, 0.1) is 7.11 Å². The molecule has 60 valence electrons. The van der Waals surface area contributed by atoms with Crippen molar-refractivity contribution in [2.24, 2.45) is 0 Å². The lowest BCUT2D eigenvalue weighted by atomic mass is 10.1. The smallest absolute Gasteiger partial charge is 0.333 e. The third kappa shape index (κ3) is 1.90. The SMILES string of the molecule is COC(=O)C1=CC(F)=CCC1. The summed E-state index contributed by atoms with van der Waals surface area (Å²) >= 11 is 0. The van der Waals surface area contributed by atoms with E-state index in [1.54, 1.807) is 0 Å². The van der Waals surface area contributed by atoms with Gasteiger partial charge in [0.25, 0.3) is 0 Å². The quantitative estimate of drug-likeness (QED) is 0.540. The monoisotopic (exact) mass is 156 g/mol. The van der Waals surface area contributed by atoms with Gasteiger partial charge >= 0.3 is 5.97 Å². The van der Waals surface area contributed by atoms with Crippen LogP contribution in [0, 0.1) is 0 Å². The topological polar surface area (TPSA) is 26.3 Å². The zero-order valence-corrected chi connectivity index (χ0v) is 6.26. The Balaban J connectivity index is 2.73. The summed E-state index contributed by atoms with van der Waals surface area (Å²) in [6, 6.07) is 0. The zero-order chi connectivity index (χ0) is 8.27. The zero-order valence-electron chi connectivity index (χ0n) is 6.26. The standard InChI is InChI=1S/C8H9FO2/c1-11-8(10)6-3-2-4-7(9)5-6/h4-5H,2-3H2,1H3. The highest BCUT2D eigenvalue weighted by Crippen LogP contribution is 2.18. The first kappa shape index (κ1) is 7.98. The Hall–Kier alpha value is -1.12. The van der Waals surface area contributed by atoms with E-state index < -0.39 is 5.97 Å². The molecule has 11 heavy (non-hydrogen) atoms. The van der Waals surface area contributed by atoms with Gasteiger partial charge in [-0.2, -0.15) is 0 Å². The summed E-state index contributed by atoms with van der Waals surface area (Å²) < 4.78 is 16.9. The molecule has 0 bridgehead atoms. The summed E-state index contributed by atoms with van der Waals surface area (Å²) in [6.45, 7) is 0. The molecule has 0 heterocycles. The van der Waals surface area contributed by atoms with Crippen LogP contribution in [-0.4, -0.2) is 13.1 Å². The number of halogens is 1. The van der Waals surface area contributed by atoms with Gasteiger partial charge in [-0.25, -0.2) is 9.18 Å². The highest BCUT2D eigenvalue weighted by atomic mass is 19.1. The summed E-state index contributed by atoms with van der Waals surface area (Å²) in [7, 11) is 1.29. The first-order valence-corrected chi connectivity index (χ1v) is 3.38. The van der Waals surface area contributed by atoms with E-state index >= 15 is 0 Å². The van der Waals surface area contributed by atoms with E-state index in [4.69, 9.17) is 0 Å². The van der Waals surface area contributed by atoms with Crippen molar-refractivity contribution >= 4 is 5.97 Å². The number of carbonyl (C=O) groups is 1. The van der Waals surface area contributed by atoms with Crippen molar-refractivity contribution in [3.8, 4) is 0 Å². The lowest BCUT2D eigenvalue weighted by Gasteiger charge is -2.06. The fourth-order valence-corrected chi connectivity index (χ4v) is 0.955. The molecule has 0 N–H and O–H groups in total. The average molecular weight is 156 g/mol. The van der Waals surface area contributed by atoms with Crippen LogP contribution in [0.15, 0.2) is 23.6 Å². The summed E-state index contributed by atoms with van der Waals surface area (Å²) in [5.41, 5.74) is 0.410. The van der Waals surface area contributed by atoms with Gasteiger partial charge in [0, 0.05) is 5.57 Å². The number of allylic oxidation sites excluding steroid dienone is 3. The Morgan fingerprint density at radius 1 is 1.73 bits per heavy atom. The van der Waals surface area contributed by atoms with Crippen LogP contribution in [0.3, 0.4) is 0 Å². The van der Waals surface area contributed by atoms with Crippen LogP contribution in [0.25, 0.3) is 0 Å². The third-order valence-corrected chi connectivity index (χ3v) is 1.51. The molecule has 0 unspecified atom stereocenters. The Bertz CT molecular complexity index is 228. The van der Waals surface area contributed by atoms with Crippen molar-refractivity contribution in [1.82, 2.24) is 0 Å². The maximum absolute atomic E-state index is 12.5. The molecule has 0 aliphatic heterocycles. The van der Waals surface area contributed by atoms with Gasteiger partial charge < -0.3 is 4.74 Å². The molecule has 0 saturated carbocycles. The van der Waals surface area contributed by atoms with Crippen LogP contribution >= 0.6 is 0 Å². The molecule has 0 aromatic heterocycles. The number of hydrogen-bond donors (Lipinski definition) is 0. The van der Waals surface area contributed by atoms with Crippen molar-refractivity contribution in [2.45, 2.75) is 12.8 Å². The van der Waals surface area contributed by atoms with Gasteiger partial charge in [-0.05, 0) is 25.0 Å². The molecule has 1 aliphatic carbocycles. The van der Waals surface area contributed by atoms with Crippen LogP contribution in [0.2, 0.25) is 0 Å². The minimum absolute atomic E-state index is 0.350. The van der Waals surface area contributed by atoms with Crippen LogP contribution in [0.1, 0.15) is 12.8 Å². The van der Waals surface area contributed by atoms with Gasteiger partial charge in [0.15, 0.2) is 0 Å². The number of esters is 1. The largest absolute Gasteiger partial charge is 0.466 e. The average Bonchev–Trinajstić information content (AvgIpc) is 2.03. The maximum Gasteiger partial charge on any atom is 0.333 e. The minimum Gasteiger partial charge on any atom is -0.466 e. The van der Waals surface area contributed by atoms with Gasteiger partial charge in [-0.1, -0.05) is 0 Å². The van der Waals surface area contributed by atoms with E-state index in [1.807, 2.05) is 0 Å².